The summed E-state index contributed by atoms with van der Waals surface area (Å²) >= 11 is 0. The zero-order chi connectivity index (χ0) is 14.3. The average molecular weight is 275 g/mol. The summed E-state index contributed by atoms with van der Waals surface area (Å²) in [6.45, 7) is 5.57. The minimum absolute atomic E-state index is 0.186. The first kappa shape index (κ1) is 12.8. The number of aryl methyl sites for hydroxylation is 2. The molecule has 20 heavy (non-hydrogen) atoms. The topological polar surface area (TPSA) is 96.7 Å². The van der Waals surface area contributed by atoms with Crippen LogP contribution in [0.5, 0.6) is 0 Å². The van der Waals surface area contributed by atoms with Gasteiger partial charge in [0.05, 0.1) is 11.7 Å². The summed E-state index contributed by atoms with van der Waals surface area (Å²) in [4.78, 5) is 16.4. The van der Waals surface area contributed by atoms with E-state index in [2.05, 4.69) is 25.7 Å². The second-order valence-electron chi connectivity index (χ2n) is 5.25. The van der Waals surface area contributed by atoms with Crippen LogP contribution in [0.2, 0.25) is 0 Å². The first-order valence-corrected chi connectivity index (χ1v) is 6.72. The van der Waals surface area contributed by atoms with Gasteiger partial charge in [0.25, 0.3) is 5.91 Å². The van der Waals surface area contributed by atoms with Crippen molar-refractivity contribution in [1.82, 2.24) is 25.7 Å². The highest BCUT2D eigenvalue weighted by atomic mass is 16.5. The van der Waals surface area contributed by atoms with Crippen LogP contribution in [-0.4, -0.2) is 26.2 Å². The molecule has 0 spiro atoms. The van der Waals surface area contributed by atoms with E-state index in [4.69, 9.17) is 4.52 Å². The summed E-state index contributed by atoms with van der Waals surface area (Å²) in [6, 6.07) is -0.198. The van der Waals surface area contributed by atoms with Crippen LogP contribution in [0.3, 0.4) is 0 Å². The highest BCUT2D eigenvalue weighted by molar-refractivity contribution is 5.90. The van der Waals surface area contributed by atoms with Gasteiger partial charge in [0, 0.05) is 11.5 Å². The van der Waals surface area contributed by atoms with Crippen molar-refractivity contribution >= 4 is 5.91 Å². The zero-order valence-electron chi connectivity index (χ0n) is 11.7. The largest absolute Gasteiger partial charge is 0.361 e. The molecule has 1 unspecified atom stereocenters. The van der Waals surface area contributed by atoms with Gasteiger partial charge < -0.3 is 9.84 Å². The Kier molecular flexibility index (Phi) is 3.04. The van der Waals surface area contributed by atoms with Gasteiger partial charge >= 0.3 is 0 Å². The van der Waals surface area contributed by atoms with Gasteiger partial charge in [-0.3, -0.25) is 9.89 Å². The minimum atomic E-state index is -0.291. The number of amides is 1. The highest BCUT2D eigenvalue weighted by Crippen LogP contribution is 2.37. The van der Waals surface area contributed by atoms with Crippen LogP contribution in [0.15, 0.2) is 4.52 Å². The second kappa shape index (κ2) is 4.73. The molecule has 0 radical (unpaired) electrons. The van der Waals surface area contributed by atoms with Crippen molar-refractivity contribution in [3.8, 4) is 0 Å². The molecule has 2 aromatic heterocycles. The van der Waals surface area contributed by atoms with Crippen LogP contribution in [0.1, 0.15) is 65.2 Å². The molecule has 1 fully saturated rings. The van der Waals surface area contributed by atoms with E-state index in [0.717, 1.165) is 29.9 Å². The molecule has 2 N–H and O–H groups in total. The van der Waals surface area contributed by atoms with Crippen LogP contribution < -0.4 is 5.32 Å². The zero-order valence-corrected chi connectivity index (χ0v) is 11.7. The van der Waals surface area contributed by atoms with Gasteiger partial charge in [0.15, 0.2) is 0 Å². The van der Waals surface area contributed by atoms with Gasteiger partial charge in [-0.25, -0.2) is 4.98 Å². The lowest BCUT2D eigenvalue weighted by atomic mass is 10.1. The number of aromatic amines is 1. The molecule has 2 aromatic rings. The quantitative estimate of drug-likeness (QED) is 0.886. The van der Waals surface area contributed by atoms with Crippen LogP contribution in [0, 0.1) is 13.8 Å². The Morgan fingerprint density at radius 1 is 1.45 bits per heavy atom. The molecule has 1 aliphatic rings. The Hall–Kier alpha value is -2.18. The number of hydrogen-bond acceptors (Lipinski definition) is 5. The van der Waals surface area contributed by atoms with Crippen LogP contribution >= 0.6 is 0 Å². The fourth-order valence-corrected chi connectivity index (χ4v) is 2.36. The first-order chi connectivity index (χ1) is 9.56. The fourth-order valence-electron chi connectivity index (χ4n) is 2.36. The molecule has 7 heteroatoms. The Morgan fingerprint density at radius 2 is 2.20 bits per heavy atom. The van der Waals surface area contributed by atoms with Gasteiger partial charge in [-0.05, 0) is 33.6 Å². The number of rotatable bonds is 4. The monoisotopic (exact) mass is 275 g/mol. The second-order valence-corrected chi connectivity index (χ2v) is 5.25. The van der Waals surface area contributed by atoms with Gasteiger partial charge in [-0.1, -0.05) is 5.16 Å². The van der Waals surface area contributed by atoms with E-state index in [-0.39, 0.29) is 17.8 Å². The number of nitrogens with zero attached hydrogens (tertiary/aromatic N) is 3. The van der Waals surface area contributed by atoms with E-state index >= 15 is 0 Å². The Labute approximate surface area is 116 Å². The summed E-state index contributed by atoms with van der Waals surface area (Å²) in [5.41, 5.74) is 1.68. The molecule has 1 amide bonds. The Bertz CT molecular complexity index is 621. The number of aromatic nitrogens is 4. The molecule has 2 heterocycles. The van der Waals surface area contributed by atoms with Crippen molar-refractivity contribution in [3.63, 3.8) is 0 Å². The third-order valence-electron chi connectivity index (χ3n) is 3.54. The van der Waals surface area contributed by atoms with Crippen LogP contribution in [0.25, 0.3) is 0 Å². The van der Waals surface area contributed by atoms with Crippen molar-refractivity contribution in [2.24, 2.45) is 0 Å². The summed E-state index contributed by atoms with van der Waals surface area (Å²) in [5.74, 6) is 1.86. The fraction of sp³-hybridized carbons (Fsp3) is 0.538. The van der Waals surface area contributed by atoms with Gasteiger partial charge in [-0.15, -0.1) is 5.10 Å². The third-order valence-corrected chi connectivity index (χ3v) is 3.54. The third kappa shape index (κ3) is 2.31. The molecule has 0 aromatic carbocycles. The van der Waals surface area contributed by atoms with Gasteiger partial charge in [0.1, 0.15) is 11.6 Å². The molecule has 1 aliphatic carbocycles. The first-order valence-electron chi connectivity index (χ1n) is 6.72. The molecule has 0 saturated heterocycles. The summed E-state index contributed by atoms with van der Waals surface area (Å²) < 4.78 is 5.11. The molecular formula is C13H17N5O2. The summed E-state index contributed by atoms with van der Waals surface area (Å²) in [7, 11) is 0. The number of nitrogens with one attached hydrogen (secondary N) is 2. The number of hydrogen-bond donors (Lipinski definition) is 2. The van der Waals surface area contributed by atoms with E-state index in [9.17, 15) is 4.79 Å². The van der Waals surface area contributed by atoms with E-state index in [1.807, 2.05) is 20.8 Å². The van der Waals surface area contributed by atoms with Crippen molar-refractivity contribution in [3.05, 3.63) is 28.7 Å². The number of carbonyl (C=O) groups excluding carboxylic acids is 1. The molecule has 3 rings (SSSR count). The molecule has 106 valence electrons. The maximum atomic E-state index is 12.1. The minimum Gasteiger partial charge on any atom is -0.361 e. The average Bonchev–Trinajstić information content (AvgIpc) is 3.03. The lowest BCUT2D eigenvalue weighted by Gasteiger charge is -2.12. The Balaban J connectivity index is 1.71. The SMILES string of the molecule is Cc1noc(C)c1C(C)NC(=O)c1n[nH]c(C2CC2)n1. The van der Waals surface area contributed by atoms with Gasteiger partial charge in [0.2, 0.25) is 5.82 Å². The van der Waals surface area contributed by atoms with Gasteiger partial charge in [-0.2, -0.15) is 0 Å². The smallest absolute Gasteiger partial charge is 0.291 e. The van der Waals surface area contributed by atoms with E-state index < -0.39 is 0 Å². The lowest BCUT2D eigenvalue weighted by Crippen LogP contribution is -2.28. The summed E-state index contributed by atoms with van der Waals surface area (Å²) in [5, 5.41) is 13.6. The molecular weight excluding hydrogens is 258 g/mol. The molecule has 1 saturated carbocycles. The number of H-pyrrole nitrogens is 1. The van der Waals surface area contributed by atoms with Crippen molar-refractivity contribution < 1.29 is 9.32 Å². The molecule has 1 atom stereocenters. The molecule has 7 nitrogen and oxygen atoms in total. The standard InChI is InChI=1S/C13H17N5O2/c1-6(10-7(2)18-20-8(10)3)14-13(19)12-15-11(16-17-12)9-4-5-9/h6,9H,4-5H2,1-3H3,(H,14,19)(H,15,16,17). The van der Waals surface area contributed by atoms with Crippen molar-refractivity contribution in [2.75, 3.05) is 0 Å². The van der Waals surface area contributed by atoms with Crippen molar-refractivity contribution in [2.45, 2.75) is 45.6 Å². The van der Waals surface area contributed by atoms with E-state index in [1.165, 1.54) is 0 Å². The number of carbonyl (C=O) groups is 1. The van der Waals surface area contributed by atoms with Crippen LogP contribution in [0.4, 0.5) is 0 Å². The maximum Gasteiger partial charge on any atom is 0.291 e. The molecule has 0 aliphatic heterocycles. The summed E-state index contributed by atoms with van der Waals surface area (Å²) in [6.07, 6.45) is 2.23. The highest BCUT2D eigenvalue weighted by Gasteiger charge is 2.28. The van der Waals surface area contributed by atoms with Crippen LogP contribution in [-0.2, 0) is 0 Å². The van der Waals surface area contributed by atoms with E-state index in [1.54, 1.807) is 0 Å². The predicted molar refractivity (Wildman–Crippen MR) is 70.2 cm³/mol. The van der Waals surface area contributed by atoms with Crippen molar-refractivity contribution in [1.29, 1.82) is 0 Å². The van der Waals surface area contributed by atoms with E-state index in [0.29, 0.717) is 11.7 Å². The Morgan fingerprint density at radius 3 is 2.80 bits per heavy atom. The predicted octanol–water partition coefficient (Wildman–Crippen LogP) is 1.78. The maximum absolute atomic E-state index is 12.1. The molecule has 0 bridgehead atoms. The normalized spacial score (nSPS) is 16.1. The lowest BCUT2D eigenvalue weighted by molar-refractivity contribution is 0.0929.